The Labute approximate surface area is 207 Å². The van der Waals surface area contributed by atoms with Gasteiger partial charge in [0.05, 0.1) is 23.1 Å². The maximum Gasteiger partial charge on any atom is 0.416 e. The van der Waals surface area contributed by atoms with E-state index in [1.807, 2.05) is 0 Å². The number of nitrogens with zero attached hydrogens (tertiary/aromatic N) is 6. The molecule has 3 aromatic heterocycles. The molecule has 0 radical (unpaired) electrons. The maximum absolute atomic E-state index is 14.9. The lowest BCUT2D eigenvalue weighted by Gasteiger charge is -2.13. The van der Waals surface area contributed by atoms with E-state index in [9.17, 15) is 17.6 Å². The van der Waals surface area contributed by atoms with Crippen molar-refractivity contribution >= 4 is 22.8 Å². The molecule has 11 heteroatoms. The van der Waals surface area contributed by atoms with Gasteiger partial charge in [-0.25, -0.2) is 24.3 Å². The molecule has 0 saturated carbocycles. The Bertz CT molecular complexity index is 1640. The van der Waals surface area contributed by atoms with Crippen molar-refractivity contribution in [3.05, 3.63) is 76.6 Å². The zero-order chi connectivity index (χ0) is 25.8. The summed E-state index contributed by atoms with van der Waals surface area (Å²) in [4.78, 5) is 17.9. The van der Waals surface area contributed by atoms with Gasteiger partial charge in [-0.15, -0.1) is 0 Å². The normalized spacial score (nSPS) is 11.9. The predicted octanol–water partition coefficient (Wildman–Crippen LogP) is 6.58. The van der Waals surface area contributed by atoms with Crippen molar-refractivity contribution in [2.75, 3.05) is 0 Å². The van der Waals surface area contributed by atoms with Crippen LogP contribution in [0.2, 0.25) is 5.02 Å². The van der Waals surface area contributed by atoms with Gasteiger partial charge in [0.2, 0.25) is 0 Å². The van der Waals surface area contributed by atoms with Gasteiger partial charge < -0.3 is 0 Å². The van der Waals surface area contributed by atoms with Crippen LogP contribution in [0.1, 0.15) is 17.0 Å². The maximum atomic E-state index is 14.9. The molecule has 0 aliphatic heterocycles. The molecule has 0 amide bonds. The van der Waals surface area contributed by atoms with Crippen LogP contribution in [0.15, 0.2) is 48.8 Å². The first-order chi connectivity index (χ1) is 17.0. The Hall–Kier alpha value is -3.92. The Morgan fingerprint density at radius 2 is 1.58 bits per heavy atom. The van der Waals surface area contributed by atoms with Crippen LogP contribution in [-0.4, -0.2) is 29.7 Å². The minimum absolute atomic E-state index is 0.0550. The van der Waals surface area contributed by atoms with Gasteiger partial charge in [0.25, 0.3) is 0 Å². The molecule has 0 fully saturated rings. The van der Waals surface area contributed by atoms with Crippen molar-refractivity contribution in [2.24, 2.45) is 7.05 Å². The van der Waals surface area contributed by atoms with Crippen molar-refractivity contribution in [3.8, 4) is 33.8 Å². The molecule has 0 saturated heterocycles. The fraction of sp³-hybridized carbons (Fsp3) is 0.160. The molecule has 6 nitrogen and oxygen atoms in total. The molecule has 5 rings (SSSR count). The molecule has 0 spiro atoms. The molecule has 3 heterocycles. The Kier molecular flexibility index (Phi) is 5.71. The van der Waals surface area contributed by atoms with Crippen LogP contribution in [0.25, 0.3) is 44.9 Å². The van der Waals surface area contributed by atoms with Crippen LogP contribution in [-0.2, 0) is 13.2 Å². The van der Waals surface area contributed by atoms with Crippen molar-refractivity contribution in [2.45, 2.75) is 20.0 Å². The van der Waals surface area contributed by atoms with Gasteiger partial charge in [-0.1, -0.05) is 11.6 Å². The van der Waals surface area contributed by atoms with Gasteiger partial charge in [-0.3, -0.25) is 4.68 Å². The summed E-state index contributed by atoms with van der Waals surface area (Å²) in [5.41, 5.74) is 1.67. The summed E-state index contributed by atoms with van der Waals surface area (Å²) in [5.74, 6) is -0.714. The van der Waals surface area contributed by atoms with Crippen molar-refractivity contribution in [1.29, 1.82) is 0 Å². The third-order valence-electron chi connectivity index (χ3n) is 5.69. The van der Waals surface area contributed by atoms with E-state index >= 15 is 0 Å². The van der Waals surface area contributed by atoms with E-state index < -0.39 is 17.6 Å². The van der Waals surface area contributed by atoms with Crippen LogP contribution in [0.3, 0.4) is 0 Å². The zero-order valence-corrected chi connectivity index (χ0v) is 19.9. The largest absolute Gasteiger partial charge is 0.416 e. The fourth-order valence-corrected chi connectivity index (χ4v) is 3.93. The number of aromatic nitrogens is 6. The summed E-state index contributed by atoms with van der Waals surface area (Å²) in [6.07, 6.45) is -1.55. The van der Waals surface area contributed by atoms with Crippen molar-refractivity contribution in [1.82, 2.24) is 29.7 Å². The number of benzene rings is 2. The third kappa shape index (κ3) is 4.39. The monoisotopic (exact) mass is 512 g/mol. The minimum atomic E-state index is -4.62. The third-order valence-corrected chi connectivity index (χ3v) is 5.92. The summed E-state index contributed by atoms with van der Waals surface area (Å²) in [5, 5.41) is 4.24. The van der Waals surface area contributed by atoms with Gasteiger partial charge >= 0.3 is 6.18 Å². The number of rotatable bonds is 3. The second-order valence-corrected chi connectivity index (χ2v) is 8.72. The predicted molar refractivity (Wildman–Crippen MR) is 128 cm³/mol. The van der Waals surface area contributed by atoms with Crippen LogP contribution >= 0.6 is 11.6 Å². The SMILES string of the molecule is Cc1nc2nc(-c3cc(-c4cnn(C)c4)cc(C(F)(F)F)c3)nc(-c3ccc(Cl)cc3F)c2nc1C. The quantitative estimate of drug-likeness (QED) is 0.255. The van der Waals surface area contributed by atoms with E-state index in [2.05, 4.69) is 25.0 Å². The van der Waals surface area contributed by atoms with Crippen molar-refractivity contribution in [3.63, 3.8) is 0 Å². The highest BCUT2D eigenvalue weighted by Crippen LogP contribution is 2.37. The van der Waals surface area contributed by atoms with E-state index in [0.717, 1.165) is 18.2 Å². The van der Waals surface area contributed by atoms with Gasteiger partial charge in [-0.2, -0.15) is 18.3 Å². The Morgan fingerprint density at radius 3 is 2.25 bits per heavy atom. The Morgan fingerprint density at radius 1 is 0.861 bits per heavy atom. The summed E-state index contributed by atoms with van der Waals surface area (Å²) in [7, 11) is 1.67. The first-order valence-electron chi connectivity index (χ1n) is 10.7. The van der Waals surface area contributed by atoms with Gasteiger partial charge in [0.1, 0.15) is 17.0 Å². The van der Waals surface area contributed by atoms with Crippen molar-refractivity contribution < 1.29 is 17.6 Å². The second kappa shape index (κ2) is 8.63. The molecule has 36 heavy (non-hydrogen) atoms. The summed E-state index contributed by atoms with van der Waals surface area (Å²) < 4.78 is 57.9. The highest BCUT2D eigenvalue weighted by molar-refractivity contribution is 6.30. The number of alkyl halides is 3. The number of aryl methyl sites for hydroxylation is 3. The van der Waals surface area contributed by atoms with Crippen LogP contribution in [0, 0.1) is 19.7 Å². The minimum Gasteiger partial charge on any atom is -0.275 e. The van der Waals surface area contributed by atoms with E-state index in [-0.39, 0.29) is 44.4 Å². The molecule has 0 bridgehead atoms. The number of halogens is 5. The highest BCUT2D eigenvalue weighted by Gasteiger charge is 2.32. The molecule has 0 atom stereocenters. The van der Waals surface area contributed by atoms with Gasteiger partial charge in [-0.05, 0) is 55.8 Å². The lowest BCUT2D eigenvalue weighted by atomic mass is 10.0. The van der Waals surface area contributed by atoms with Gasteiger partial charge in [0.15, 0.2) is 11.5 Å². The lowest BCUT2D eigenvalue weighted by molar-refractivity contribution is -0.137. The number of fused-ring (bicyclic) bond motifs is 1. The molecule has 5 aromatic rings. The molecule has 0 unspecified atom stereocenters. The second-order valence-electron chi connectivity index (χ2n) is 8.29. The molecule has 0 aliphatic rings. The molecule has 2 aromatic carbocycles. The topological polar surface area (TPSA) is 69.4 Å². The summed E-state index contributed by atoms with van der Waals surface area (Å²) >= 11 is 5.92. The molecule has 0 aliphatic carbocycles. The zero-order valence-electron chi connectivity index (χ0n) is 19.2. The molecular formula is C25H17ClF4N6. The van der Waals surface area contributed by atoms with E-state index in [4.69, 9.17) is 11.6 Å². The molecule has 0 N–H and O–H groups in total. The van der Waals surface area contributed by atoms with E-state index in [0.29, 0.717) is 17.0 Å². The standard InChI is InChI=1S/C25H17ClF4N6/c1-12-13(2)33-24-22(32-12)21(19-5-4-18(26)9-20(19)27)34-23(35-24)15-6-14(16-10-31-36(3)11-16)7-17(8-15)25(28,29)30/h4-11H,1-3H3. The molecular weight excluding hydrogens is 496 g/mol. The van der Waals surface area contributed by atoms with Crippen LogP contribution in [0.5, 0.6) is 0 Å². The van der Waals surface area contributed by atoms with E-state index in [1.165, 1.54) is 29.1 Å². The average molecular weight is 513 g/mol. The van der Waals surface area contributed by atoms with Gasteiger partial charge in [0, 0.05) is 35.0 Å². The lowest BCUT2D eigenvalue weighted by Crippen LogP contribution is -2.07. The molecule has 182 valence electrons. The summed E-state index contributed by atoms with van der Waals surface area (Å²) in [6.45, 7) is 3.47. The first-order valence-corrected chi connectivity index (χ1v) is 11.1. The fourth-order valence-electron chi connectivity index (χ4n) is 3.77. The first kappa shape index (κ1) is 23.8. The van der Waals surface area contributed by atoms with Crippen LogP contribution < -0.4 is 0 Å². The average Bonchev–Trinajstić information content (AvgIpc) is 3.25. The summed E-state index contributed by atoms with van der Waals surface area (Å²) in [6, 6.07) is 7.58. The van der Waals surface area contributed by atoms with E-state index in [1.54, 1.807) is 27.1 Å². The number of hydrogen-bond donors (Lipinski definition) is 0. The Balaban J connectivity index is 1.81. The number of hydrogen-bond acceptors (Lipinski definition) is 5. The highest BCUT2D eigenvalue weighted by atomic mass is 35.5. The van der Waals surface area contributed by atoms with Crippen LogP contribution in [0.4, 0.5) is 17.6 Å². The smallest absolute Gasteiger partial charge is 0.275 e.